The summed E-state index contributed by atoms with van der Waals surface area (Å²) in [4.78, 5) is 38.1. The van der Waals surface area contributed by atoms with Crippen LogP contribution in [0.4, 0.5) is 0 Å². The van der Waals surface area contributed by atoms with Crippen molar-refractivity contribution in [2.45, 2.75) is 44.6 Å². The van der Waals surface area contributed by atoms with Crippen LogP contribution in [0.25, 0.3) is 16.9 Å². The monoisotopic (exact) mass is 520 g/mol. The van der Waals surface area contributed by atoms with Gasteiger partial charge in [-0.15, -0.1) is 0 Å². The molecule has 3 aliphatic rings. The number of nitrogens with two attached hydrogens (primary N) is 1. The number of aliphatic hydroxyl groups is 4. The number of amides is 1. The Morgan fingerprint density at radius 2 is 1.84 bits per heavy atom. The van der Waals surface area contributed by atoms with Crippen LogP contribution in [-0.4, -0.2) is 54.8 Å². The summed E-state index contributed by atoms with van der Waals surface area (Å²) < 4.78 is 0. The van der Waals surface area contributed by atoms with Gasteiger partial charge in [-0.2, -0.15) is 0 Å². The average Bonchev–Trinajstić information content (AvgIpc) is 2.86. The van der Waals surface area contributed by atoms with Crippen molar-refractivity contribution in [3.8, 4) is 16.9 Å². The number of fused-ring (bicyclic) bond motifs is 3. The van der Waals surface area contributed by atoms with Crippen LogP contribution in [0, 0.1) is 11.8 Å². The molecule has 38 heavy (non-hydrogen) atoms. The number of carbonyl (C=O) groups excluding carboxylic acids is 3. The highest BCUT2D eigenvalue weighted by molar-refractivity contribution is 6.22. The van der Waals surface area contributed by atoms with E-state index in [1.165, 1.54) is 6.92 Å². The van der Waals surface area contributed by atoms with Gasteiger partial charge in [-0.25, -0.2) is 0 Å². The lowest BCUT2D eigenvalue weighted by molar-refractivity contribution is -0.147. The second-order valence-corrected chi connectivity index (χ2v) is 10.1. The van der Waals surface area contributed by atoms with Crippen LogP contribution in [0.1, 0.15) is 36.5 Å². The standard InChI is InChI=1S/C28H28N2O8/c1-12(31)30-11-15-9-17(13-5-3-2-4-6-13)18-8-14-7-16-10-19(32)22(27(29)37)26(36)28(16,38)25(35)20(14)24(34)21(18)23(15)33/h2-6,9,12,14,16,30-31,33-34,36,38H,7-8,10-11H2,1H3,(H2,29,37)/t12?,14-,16+,28+/m1/s1. The van der Waals surface area contributed by atoms with Gasteiger partial charge >= 0.3 is 0 Å². The van der Waals surface area contributed by atoms with Crippen molar-refractivity contribution < 1.29 is 39.9 Å². The minimum atomic E-state index is -2.61. The quantitative estimate of drug-likeness (QED) is 0.226. The maximum atomic E-state index is 13.7. The fraction of sp³-hybridized carbons (Fsp3) is 0.321. The van der Waals surface area contributed by atoms with Crippen LogP contribution in [0.5, 0.6) is 5.75 Å². The van der Waals surface area contributed by atoms with Crippen molar-refractivity contribution in [3.63, 3.8) is 0 Å². The summed E-state index contributed by atoms with van der Waals surface area (Å²) in [5.74, 6) is -6.67. The molecule has 4 atom stereocenters. The van der Waals surface area contributed by atoms with E-state index in [-0.39, 0.29) is 42.7 Å². The van der Waals surface area contributed by atoms with Crippen LogP contribution in [-0.2, 0) is 27.3 Å². The molecule has 8 N–H and O–H groups in total. The molecule has 198 valence electrons. The van der Waals surface area contributed by atoms with Crippen molar-refractivity contribution in [1.82, 2.24) is 5.32 Å². The highest BCUT2D eigenvalue weighted by Gasteiger charge is 2.60. The lowest BCUT2D eigenvalue weighted by Gasteiger charge is -2.46. The first-order valence-corrected chi connectivity index (χ1v) is 12.3. The van der Waals surface area contributed by atoms with Crippen molar-refractivity contribution >= 4 is 23.2 Å². The van der Waals surface area contributed by atoms with Gasteiger partial charge in [0, 0.05) is 30.0 Å². The molecule has 10 nitrogen and oxygen atoms in total. The number of ketones is 2. The fourth-order valence-corrected chi connectivity index (χ4v) is 6.01. The number of nitrogens with one attached hydrogen (secondary N) is 1. The Hall–Kier alpha value is -3.99. The van der Waals surface area contributed by atoms with Gasteiger partial charge in [0.1, 0.15) is 29.1 Å². The third-order valence-electron chi connectivity index (χ3n) is 7.82. The van der Waals surface area contributed by atoms with Crippen LogP contribution >= 0.6 is 0 Å². The maximum Gasteiger partial charge on any atom is 0.255 e. The minimum Gasteiger partial charge on any atom is -0.508 e. The Kier molecular flexibility index (Phi) is 6.13. The van der Waals surface area contributed by atoms with E-state index in [0.717, 1.165) is 5.56 Å². The molecule has 0 aromatic heterocycles. The number of phenolic OH excluding ortho intramolecular Hbond substituents is 1. The molecule has 0 radical (unpaired) electrons. The highest BCUT2D eigenvalue weighted by Crippen LogP contribution is 2.53. The van der Waals surface area contributed by atoms with E-state index in [1.54, 1.807) is 6.07 Å². The minimum absolute atomic E-state index is 0.0147. The van der Waals surface area contributed by atoms with Gasteiger partial charge < -0.3 is 31.3 Å². The van der Waals surface area contributed by atoms with Crippen LogP contribution < -0.4 is 11.1 Å². The molecule has 1 fully saturated rings. The third kappa shape index (κ3) is 3.72. The van der Waals surface area contributed by atoms with Crippen molar-refractivity contribution in [2.75, 3.05) is 0 Å². The molecular formula is C28H28N2O8. The summed E-state index contributed by atoms with van der Waals surface area (Å²) in [6.45, 7) is 1.57. The first-order valence-electron chi connectivity index (χ1n) is 12.3. The number of phenols is 1. The third-order valence-corrected chi connectivity index (χ3v) is 7.82. The van der Waals surface area contributed by atoms with Crippen molar-refractivity contribution in [1.29, 1.82) is 0 Å². The summed E-state index contributed by atoms with van der Waals surface area (Å²) in [7, 11) is 0. The summed E-state index contributed by atoms with van der Waals surface area (Å²) in [6.07, 6.45) is -0.987. The molecule has 0 spiro atoms. The molecule has 2 aromatic carbocycles. The highest BCUT2D eigenvalue weighted by atomic mass is 16.3. The molecule has 0 bridgehead atoms. The van der Waals surface area contributed by atoms with Gasteiger partial charge in [0.25, 0.3) is 5.91 Å². The van der Waals surface area contributed by atoms with Crippen LogP contribution in [0.15, 0.2) is 53.3 Å². The normalized spacial score (nSPS) is 25.6. The molecule has 5 rings (SSSR count). The second kappa shape index (κ2) is 9.09. The Labute approximate surface area is 217 Å². The zero-order valence-electron chi connectivity index (χ0n) is 20.6. The lowest BCUT2D eigenvalue weighted by Crippen LogP contribution is -2.58. The van der Waals surface area contributed by atoms with Crippen LogP contribution in [0.3, 0.4) is 0 Å². The van der Waals surface area contributed by atoms with E-state index in [0.29, 0.717) is 16.7 Å². The zero-order valence-corrected chi connectivity index (χ0v) is 20.6. The summed E-state index contributed by atoms with van der Waals surface area (Å²) in [5.41, 5.74) is 4.06. The molecule has 2 aromatic rings. The molecular weight excluding hydrogens is 492 g/mol. The number of primary amides is 1. The number of hydrogen-bond acceptors (Lipinski definition) is 9. The SMILES string of the molecule is CC(O)NCc1cc(-c2ccccc2)c2c(c1O)C(O)=C1C(=O)[C@]3(O)C(O)=C(C(N)=O)C(=O)C[C@@H]3C[C@@H]1C2. The largest absolute Gasteiger partial charge is 0.508 e. The molecule has 1 saturated carbocycles. The van der Waals surface area contributed by atoms with Crippen molar-refractivity contribution in [3.05, 3.63) is 70.0 Å². The Morgan fingerprint density at radius 1 is 1.16 bits per heavy atom. The number of benzene rings is 2. The van der Waals surface area contributed by atoms with Gasteiger partial charge in [0.05, 0.1) is 5.56 Å². The number of aromatic hydroxyl groups is 1. The van der Waals surface area contributed by atoms with Gasteiger partial charge in [0.15, 0.2) is 11.4 Å². The smallest absolute Gasteiger partial charge is 0.255 e. The zero-order chi connectivity index (χ0) is 27.5. The van der Waals surface area contributed by atoms with E-state index in [2.05, 4.69) is 5.32 Å². The Bertz CT molecular complexity index is 1440. The topological polar surface area (TPSA) is 190 Å². The lowest BCUT2D eigenvalue weighted by atomic mass is 9.59. The number of carbonyl (C=O) groups is 3. The molecule has 3 aliphatic carbocycles. The van der Waals surface area contributed by atoms with E-state index in [4.69, 9.17) is 5.73 Å². The van der Waals surface area contributed by atoms with Gasteiger partial charge in [-0.1, -0.05) is 30.3 Å². The molecule has 0 saturated heterocycles. The Balaban J connectivity index is 1.73. The first-order chi connectivity index (χ1) is 18.0. The van der Waals surface area contributed by atoms with Gasteiger partial charge in [-0.3, -0.25) is 19.7 Å². The van der Waals surface area contributed by atoms with E-state index < -0.39 is 58.2 Å². The van der Waals surface area contributed by atoms with Crippen LogP contribution in [0.2, 0.25) is 0 Å². The molecule has 1 amide bonds. The van der Waals surface area contributed by atoms with Gasteiger partial charge in [-0.05, 0) is 48.4 Å². The fourth-order valence-electron chi connectivity index (χ4n) is 6.01. The predicted octanol–water partition coefficient (Wildman–Crippen LogP) is 1.52. The predicted molar refractivity (Wildman–Crippen MR) is 135 cm³/mol. The number of rotatable bonds is 5. The number of Topliss-reactive ketones (excluding diaryl/α,β-unsaturated/α-hetero) is 2. The second-order valence-electron chi connectivity index (χ2n) is 10.1. The molecule has 10 heteroatoms. The summed E-state index contributed by atoms with van der Waals surface area (Å²) in [5, 5.41) is 57.3. The average molecular weight is 521 g/mol. The van der Waals surface area contributed by atoms with Crippen molar-refractivity contribution in [2.24, 2.45) is 17.6 Å². The summed E-state index contributed by atoms with van der Waals surface area (Å²) >= 11 is 0. The van der Waals surface area contributed by atoms with E-state index in [1.807, 2.05) is 30.3 Å². The Morgan fingerprint density at radius 3 is 2.47 bits per heavy atom. The van der Waals surface area contributed by atoms with E-state index in [9.17, 15) is 39.9 Å². The van der Waals surface area contributed by atoms with E-state index >= 15 is 0 Å². The summed E-state index contributed by atoms with van der Waals surface area (Å²) in [6, 6.07) is 11.0. The van der Waals surface area contributed by atoms with Gasteiger partial charge in [0.2, 0.25) is 5.78 Å². The number of hydrogen-bond donors (Lipinski definition) is 7. The first kappa shape index (κ1) is 25.7. The molecule has 1 unspecified atom stereocenters. The molecule has 0 aliphatic heterocycles. The number of aliphatic hydroxyl groups excluding tert-OH is 3. The molecule has 0 heterocycles. The maximum absolute atomic E-state index is 13.7.